The average Bonchev–Trinajstić information content (AvgIpc) is 2.51. The Bertz CT molecular complexity index is 402. The smallest absolute Gasteiger partial charge is 0.163 e. The Morgan fingerprint density at radius 3 is 2.38 bits per heavy atom. The lowest BCUT2D eigenvalue weighted by atomic mass is 10.1. The third-order valence-electron chi connectivity index (χ3n) is 3.22. The molecule has 1 N–H and O–H groups in total. The molecular weight excluding hydrogens is 272 g/mol. The lowest BCUT2D eigenvalue weighted by Crippen LogP contribution is -2.28. The van der Waals surface area contributed by atoms with E-state index in [2.05, 4.69) is 0 Å². The predicted molar refractivity (Wildman–Crippen MR) is 78.7 cm³/mol. The number of aliphatic hydroxyl groups excluding tert-OH is 1. The second-order valence-electron chi connectivity index (χ2n) is 4.90. The molecule has 1 rings (SSSR count). The summed E-state index contributed by atoms with van der Waals surface area (Å²) in [5, 5.41) is 9.85. The number of ether oxygens (including phenoxy) is 3. The molecule has 1 aromatic rings. The van der Waals surface area contributed by atoms with Gasteiger partial charge in [-0.3, -0.25) is 4.79 Å². The molecule has 5 nitrogen and oxygen atoms in total. The number of Topliss-reactive ketones (excluding diaryl/α,β-unsaturated/α-hetero) is 1. The van der Waals surface area contributed by atoms with Crippen LogP contribution in [0.1, 0.15) is 25.3 Å². The van der Waals surface area contributed by atoms with Crippen molar-refractivity contribution in [3.8, 4) is 0 Å². The maximum atomic E-state index is 12.0. The van der Waals surface area contributed by atoms with Crippen molar-refractivity contribution in [1.29, 1.82) is 0 Å². The molecule has 1 aromatic carbocycles. The Morgan fingerprint density at radius 2 is 1.81 bits per heavy atom. The summed E-state index contributed by atoms with van der Waals surface area (Å²) in [6.45, 7) is 2.07. The zero-order valence-electron chi connectivity index (χ0n) is 12.8. The molecule has 0 radical (unpaired) electrons. The van der Waals surface area contributed by atoms with E-state index in [4.69, 9.17) is 14.2 Å². The Morgan fingerprint density at radius 1 is 1.19 bits per heavy atom. The SMILES string of the molecule is COC(C[C@@H](O)CC(=O)[C@H](C)OCc1ccccc1)OC. The first-order valence-electron chi connectivity index (χ1n) is 6.98. The quantitative estimate of drug-likeness (QED) is 0.668. The second kappa shape index (κ2) is 9.63. The fourth-order valence-corrected chi connectivity index (χ4v) is 1.88. The molecule has 0 aliphatic rings. The van der Waals surface area contributed by atoms with Gasteiger partial charge >= 0.3 is 0 Å². The third kappa shape index (κ3) is 6.82. The molecule has 2 atom stereocenters. The predicted octanol–water partition coefficient (Wildman–Crippen LogP) is 1.92. The highest BCUT2D eigenvalue weighted by atomic mass is 16.7. The normalized spacial score (nSPS) is 14.1. The second-order valence-corrected chi connectivity index (χ2v) is 4.90. The van der Waals surface area contributed by atoms with Crippen molar-refractivity contribution in [2.24, 2.45) is 0 Å². The highest BCUT2D eigenvalue weighted by Gasteiger charge is 2.20. The van der Waals surface area contributed by atoms with Crippen LogP contribution in [0.4, 0.5) is 0 Å². The van der Waals surface area contributed by atoms with Crippen LogP contribution in [-0.4, -0.2) is 43.6 Å². The topological polar surface area (TPSA) is 65.0 Å². The van der Waals surface area contributed by atoms with Gasteiger partial charge in [-0.25, -0.2) is 0 Å². The van der Waals surface area contributed by atoms with Crippen molar-refractivity contribution in [2.45, 2.75) is 44.9 Å². The van der Waals surface area contributed by atoms with Crippen LogP contribution < -0.4 is 0 Å². The summed E-state index contributed by atoms with van der Waals surface area (Å²) in [5.41, 5.74) is 1.01. The molecule has 0 saturated carbocycles. The van der Waals surface area contributed by atoms with E-state index in [1.807, 2.05) is 30.3 Å². The zero-order valence-corrected chi connectivity index (χ0v) is 12.8. The summed E-state index contributed by atoms with van der Waals surface area (Å²) in [5.74, 6) is -0.135. The van der Waals surface area contributed by atoms with E-state index in [0.717, 1.165) is 5.56 Å². The van der Waals surface area contributed by atoms with Crippen molar-refractivity contribution in [2.75, 3.05) is 14.2 Å². The minimum absolute atomic E-state index is 0.0270. The van der Waals surface area contributed by atoms with Crippen LogP contribution in [0, 0.1) is 0 Å². The molecule has 118 valence electrons. The van der Waals surface area contributed by atoms with E-state index in [0.29, 0.717) is 6.61 Å². The van der Waals surface area contributed by atoms with E-state index in [9.17, 15) is 9.90 Å². The molecule has 0 aliphatic heterocycles. The summed E-state index contributed by atoms with van der Waals surface area (Å²) in [4.78, 5) is 12.0. The van der Waals surface area contributed by atoms with Gasteiger partial charge in [0.05, 0.1) is 12.7 Å². The number of ketones is 1. The number of benzene rings is 1. The average molecular weight is 296 g/mol. The molecule has 0 aliphatic carbocycles. The van der Waals surface area contributed by atoms with Crippen LogP contribution >= 0.6 is 0 Å². The van der Waals surface area contributed by atoms with E-state index >= 15 is 0 Å². The fourth-order valence-electron chi connectivity index (χ4n) is 1.88. The van der Waals surface area contributed by atoms with Gasteiger partial charge < -0.3 is 19.3 Å². The molecule has 0 fully saturated rings. The van der Waals surface area contributed by atoms with Gasteiger partial charge in [0, 0.05) is 27.1 Å². The van der Waals surface area contributed by atoms with E-state index in [1.54, 1.807) is 6.92 Å². The lowest BCUT2D eigenvalue weighted by Gasteiger charge is -2.18. The minimum atomic E-state index is -0.801. The van der Waals surface area contributed by atoms with E-state index < -0.39 is 18.5 Å². The zero-order chi connectivity index (χ0) is 15.7. The van der Waals surface area contributed by atoms with E-state index in [1.165, 1.54) is 14.2 Å². The first kappa shape index (κ1) is 17.8. The minimum Gasteiger partial charge on any atom is -0.392 e. The third-order valence-corrected chi connectivity index (χ3v) is 3.22. The highest BCUT2D eigenvalue weighted by molar-refractivity contribution is 5.83. The number of hydrogen-bond acceptors (Lipinski definition) is 5. The molecule has 0 heterocycles. The number of rotatable bonds is 10. The van der Waals surface area contributed by atoms with Gasteiger partial charge in [-0.2, -0.15) is 0 Å². The molecule has 0 aromatic heterocycles. The summed E-state index contributed by atoms with van der Waals surface area (Å²) in [6, 6.07) is 9.65. The van der Waals surface area contributed by atoms with Crippen LogP contribution in [-0.2, 0) is 25.6 Å². The molecule has 0 unspecified atom stereocenters. The maximum absolute atomic E-state index is 12.0. The van der Waals surface area contributed by atoms with Gasteiger partial charge in [-0.15, -0.1) is 0 Å². The fraction of sp³-hybridized carbons (Fsp3) is 0.562. The number of hydrogen-bond donors (Lipinski definition) is 1. The molecule has 0 saturated heterocycles. The van der Waals surface area contributed by atoms with Crippen LogP contribution in [0.5, 0.6) is 0 Å². The first-order valence-corrected chi connectivity index (χ1v) is 6.98. The van der Waals surface area contributed by atoms with Crippen molar-refractivity contribution in [1.82, 2.24) is 0 Å². The van der Waals surface area contributed by atoms with Gasteiger partial charge in [0.25, 0.3) is 0 Å². The maximum Gasteiger partial charge on any atom is 0.163 e. The number of methoxy groups -OCH3 is 2. The monoisotopic (exact) mass is 296 g/mol. The molecule has 5 heteroatoms. The molecule has 21 heavy (non-hydrogen) atoms. The number of aliphatic hydroxyl groups is 1. The summed E-state index contributed by atoms with van der Waals surface area (Å²) < 4.78 is 15.5. The van der Waals surface area contributed by atoms with Crippen molar-refractivity contribution >= 4 is 5.78 Å². The number of carbonyl (C=O) groups is 1. The lowest BCUT2D eigenvalue weighted by molar-refractivity contribution is -0.138. The van der Waals surface area contributed by atoms with Gasteiger partial charge in [0.1, 0.15) is 6.10 Å². The van der Waals surface area contributed by atoms with Gasteiger partial charge in [-0.05, 0) is 12.5 Å². The van der Waals surface area contributed by atoms with E-state index in [-0.39, 0.29) is 18.6 Å². The summed E-state index contributed by atoms with van der Waals surface area (Å²) >= 11 is 0. The van der Waals surface area contributed by atoms with Crippen LogP contribution in [0.15, 0.2) is 30.3 Å². The van der Waals surface area contributed by atoms with Crippen molar-refractivity contribution in [3.05, 3.63) is 35.9 Å². The summed E-state index contributed by atoms with van der Waals surface area (Å²) in [6.07, 6.45) is -1.58. The Kier molecular flexibility index (Phi) is 8.15. The molecular formula is C16H24O5. The van der Waals surface area contributed by atoms with Crippen LogP contribution in [0.2, 0.25) is 0 Å². The van der Waals surface area contributed by atoms with Crippen LogP contribution in [0.3, 0.4) is 0 Å². The Balaban J connectivity index is 2.33. The van der Waals surface area contributed by atoms with Gasteiger partial charge in [-0.1, -0.05) is 30.3 Å². The standard InChI is InChI=1S/C16H24O5/c1-12(21-11-13-7-5-4-6-8-13)15(18)9-14(17)10-16(19-2)20-3/h4-8,12,14,16-17H,9-11H2,1-3H3/t12-,14-/m0/s1. The largest absolute Gasteiger partial charge is 0.392 e. The number of carbonyl (C=O) groups excluding carboxylic acids is 1. The molecule has 0 spiro atoms. The molecule has 0 bridgehead atoms. The van der Waals surface area contributed by atoms with Crippen molar-refractivity contribution < 1.29 is 24.1 Å². The van der Waals surface area contributed by atoms with Gasteiger partial charge in [0.2, 0.25) is 0 Å². The first-order chi connectivity index (χ1) is 10.1. The molecule has 0 amide bonds. The van der Waals surface area contributed by atoms with Crippen LogP contribution in [0.25, 0.3) is 0 Å². The summed E-state index contributed by atoms with van der Waals surface area (Å²) in [7, 11) is 2.99. The highest BCUT2D eigenvalue weighted by Crippen LogP contribution is 2.10. The Labute approximate surface area is 125 Å². The Hall–Kier alpha value is -1.27. The van der Waals surface area contributed by atoms with Gasteiger partial charge in [0.15, 0.2) is 12.1 Å². The van der Waals surface area contributed by atoms with Crippen molar-refractivity contribution in [3.63, 3.8) is 0 Å².